The van der Waals surface area contributed by atoms with Crippen LogP contribution in [0.25, 0.3) is 10.9 Å². The van der Waals surface area contributed by atoms with Gasteiger partial charge >= 0.3 is 0 Å². The summed E-state index contributed by atoms with van der Waals surface area (Å²) in [6, 6.07) is 6.59. The fourth-order valence-electron chi connectivity index (χ4n) is 2.20. The summed E-state index contributed by atoms with van der Waals surface area (Å²) in [5.41, 5.74) is 9.72. The molecule has 15 heavy (non-hydrogen) atoms. The van der Waals surface area contributed by atoms with E-state index in [9.17, 15) is 0 Å². The lowest BCUT2D eigenvalue weighted by Gasteiger charge is -2.08. The molecule has 80 valence electrons. The molecule has 0 aliphatic heterocycles. The average molecular weight is 202 g/mol. The molecule has 2 heteroatoms. The van der Waals surface area contributed by atoms with Gasteiger partial charge in [-0.3, -0.25) is 0 Å². The number of nitrogens with zero attached hydrogens (tertiary/aromatic N) is 1. The highest BCUT2D eigenvalue weighted by Gasteiger charge is 2.05. The van der Waals surface area contributed by atoms with Crippen molar-refractivity contribution >= 4 is 10.9 Å². The number of rotatable bonds is 3. The van der Waals surface area contributed by atoms with Gasteiger partial charge < -0.3 is 10.3 Å². The molecule has 0 aliphatic rings. The zero-order valence-corrected chi connectivity index (χ0v) is 9.46. The van der Waals surface area contributed by atoms with Crippen LogP contribution in [0.5, 0.6) is 0 Å². The molecular weight excluding hydrogens is 184 g/mol. The lowest BCUT2D eigenvalue weighted by atomic mass is 10.0. The maximum atomic E-state index is 5.54. The second-order valence-electron chi connectivity index (χ2n) is 4.11. The van der Waals surface area contributed by atoms with E-state index in [2.05, 4.69) is 42.9 Å². The number of aromatic nitrogens is 1. The van der Waals surface area contributed by atoms with E-state index < -0.39 is 0 Å². The smallest absolute Gasteiger partial charge is 0.0510 e. The van der Waals surface area contributed by atoms with E-state index >= 15 is 0 Å². The van der Waals surface area contributed by atoms with Gasteiger partial charge in [0.15, 0.2) is 0 Å². The Labute approximate surface area is 90.7 Å². The van der Waals surface area contributed by atoms with Gasteiger partial charge in [0.05, 0.1) is 5.52 Å². The normalized spacial score (nSPS) is 11.1. The molecule has 0 bridgehead atoms. The van der Waals surface area contributed by atoms with Gasteiger partial charge in [-0.25, -0.2) is 0 Å². The fraction of sp³-hybridized carbons (Fsp3) is 0.385. The minimum atomic E-state index is 0.768. The van der Waals surface area contributed by atoms with E-state index in [0.29, 0.717) is 0 Å². The molecule has 2 nitrogen and oxygen atoms in total. The monoisotopic (exact) mass is 202 g/mol. The van der Waals surface area contributed by atoms with Crippen molar-refractivity contribution in [3.05, 3.63) is 35.5 Å². The predicted molar refractivity (Wildman–Crippen MR) is 65.0 cm³/mol. The third-order valence-corrected chi connectivity index (χ3v) is 3.06. The van der Waals surface area contributed by atoms with Crippen LogP contribution < -0.4 is 5.73 Å². The van der Waals surface area contributed by atoms with E-state index in [1.165, 1.54) is 22.0 Å². The van der Waals surface area contributed by atoms with Crippen molar-refractivity contribution in [1.82, 2.24) is 4.57 Å². The van der Waals surface area contributed by atoms with Gasteiger partial charge in [-0.2, -0.15) is 0 Å². The van der Waals surface area contributed by atoms with Crippen LogP contribution in [0.4, 0.5) is 0 Å². The predicted octanol–water partition coefficient (Wildman–Crippen LogP) is 2.38. The highest BCUT2D eigenvalue weighted by atomic mass is 14.9. The summed E-state index contributed by atoms with van der Waals surface area (Å²) >= 11 is 0. The first-order valence-corrected chi connectivity index (χ1v) is 5.47. The molecule has 0 atom stereocenters. The standard InChI is InChI=1S/C13H18N2/c1-10-11(4-3-8-14)5-6-12-7-9-15(2)13(10)12/h5-7,9H,3-4,8,14H2,1-2H3. The molecule has 1 aromatic heterocycles. The van der Waals surface area contributed by atoms with Crippen LogP contribution in [0.1, 0.15) is 17.5 Å². The number of aryl methyl sites for hydroxylation is 3. The van der Waals surface area contributed by atoms with E-state index in [1.54, 1.807) is 0 Å². The van der Waals surface area contributed by atoms with Gasteiger partial charge in [-0.15, -0.1) is 0 Å². The summed E-state index contributed by atoms with van der Waals surface area (Å²) in [5.74, 6) is 0. The summed E-state index contributed by atoms with van der Waals surface area (Å²) in [7, 11) is 2.10. The molecule has 1 heterocycles. The average Bonchev–Trinajstić information content (AvgIpc) is 2.60. The van der Waals surface area contributed by atoms with Crippen molar-refractivity contribution in [3.8, 4) is 0 Å². The van der Waals surface area contributed by atoms with Crippen molar-refractivity contribution in [2.45, 2.75) is 19.8 Å². The summed E-state index contributed by atoms with van der Waals surface area (Å²) in [5, 5.41) is 1.33. The van der Waals surface area contributed by atoms with Gasteiger partial charge in [-0.1, -0.05) is 12.1 Å². The van der Waals surface area contributed by atoms with Crippen molar-refractivity contribution < 1.29 is 0 Å². The van der Waals surface area contributed by atoms with Crippen LogP contribution in [0, 0.1) is 6.92 Å². The van der Waals surface area contributed by atoms with Crippen LogP contribution in [0.15, 0.2) is 24.4 Å². The molecule has 0 saturated heterocycles. The number of fused-ring (bicyclic) bond motifs is 1. The molecule has 0 spiro atoms. The lowest BCUT2D eigenvalue weighted by molar-refractivity contribution is 0.827. The molecule has 0 aliphatic carbocycles. The molecule has 0 amide bonds. The maximum Gasteiger partial charge on any atom is 0.0510 e. The van der Waals surface area contributed by atoms with Gasteiger partial charge in [0.1, 0.15) is 0 Å². The molecule has 0 radical (unpaired) electrons. The first-order chi connectivity index (χ1) is 7.24. The van der Waals surface area contributed by atoms with E-state index in [1.807, 2.05) is 0 Å². The zero-order valence-electron chi connectivity index (χ0n) is 9.46. The highest BCUT2D eigenvalue weighted by molar-refractivity contribution is 5.84. The largest absolute Gasteiger partial charge is 0.350 e. The Bertz CT molecular complexity index is 469. The van der Waals surface area contributed by atoms with E-state index in [-0.39, 0.29) is 0 Å². The van der Waals surface area contributed by atoms with Crippen molar-refractivity contribution in [3.63, 3.8) is 0 Å². The Hall–Kier alpha value is -1.28. The Morgan fingerprint density at radius 2 is 2.07 bits per heavy atom. The van der Waals surface area contributed by atoms with Gasteiger partial charge in [0.25, 0.3) is 0 Å². The van der Waals surface area contributed by atoms with Crippen LogP contribution in [0.2, 0.25) is 0 Å². The molecule has 1 aromatic carbocycles. The summed E-state index contributed by atoms with van der Waals surface area (Å²) in [6.45, 7) is 2.97. The summed E-state index contributed by atoms with van der Waals surface area (Å²) in [6.07, 6.45) is 4.27. The first-order valence-electron chi connectivity index (χ1n) is 5.47. The molecular formula is C13H18N2. The van der Waals surface area contributed by atoms with Crippen LogP contribution in [-0.4, -0.2) is 11.1 Å². The van der Waals surface area contributed by atoms with E-state index in [4.69, 9.17) is 5.73 Å². The lowest BCUT2D eigenvalue weighted by Crippen LogP contribution is -2.02. The van der Waals surface area contributed by atoms with Gasteiger partial charge in [0.2, 0.25) is 0 Å². The fourth-order valence-corrected chi connectivity index (χ4v) is 2.20. The number of hydrogen-bond donors (Lipinski definition) is 1. The Balaban J connectivity index is 2.49. The first kappa shape index (κ1) is 10.2. The molecule has 2 rings (SSSR count). The minimum absolute atomic E-state index is 0.768. The van der Waals surface area contributed by atoms with Gasteiger partial charge in [0, 0.05) is 13.2 Å². The Morgan fingerprint density at radius 1 is 1.27 bits per heavy atom. The van der Waals surface area contributed by atoms with Crippen molar-refractivity contribution in [2.75, 3.05) is 6.54 Å². The highest BCUT2D eigenvalue weighted by Crippen LogP contribution is 2.23. The molecule has 0 fully saturated rings. The molecule has 0 saturated carbocycles. The SMILES string of the molecule is Cc1c(CCCN)ccc2ccn(C)c12. The number of hydrogen-bond acceptors (Lipinski definition) is 1. The Morgan fingerprint density at radius 3 is 2.80 bits per heavy atom. The topological polar surface area (TPSA) is 30.9 Å². The third-order valence-electron chi connectivity index (χ3n) is 3.06. The number of benzene rings is 1. The van der Waals surface area contributed by atoms with Crippen molar-refractivity contribution in [1.29, 1.82) is 0 Å². The minimum Gasteiger partial charge on any atom is -0.350 e. The maximum absolute atomic E-state index is 5.54. The number of nitrogens with two attached hydrogens (primary N) is 1. The van der Waals surface area contributed by atoms with E-state index in [0.717, 1.165) is 19.4 Å². The molecule has 2 aromatic rings. The zero-order chi connectivity index (χ0) is 10.8. The van der Waals surface area contributed by atoms with Crippen LogP contribution in [0.3, 0.4) is 0 Å². The second kappa shape index (κ2) is 4.07. The second-order valence-corrected chi connectivity index (χ2v) is 4.11. The van der Waals surface area contributed by atoms with Gasteiger partial charge in [-0.05, 0) is 48.9 Å². The Kier molecular flexibility index (Phi) is 2.78. The summed E-state index contributed by atoms with van der Waals surface area (Å²) in [4.78, 5) is 0. The molecule has 2 N–H and O–H groups in total. The van der Waals surface area contributed by atoms with Crippen molar-refractivity contribution in [2.24, 2.45) is 12.8 Å². The third kappa shape index (κ3) is 1.77. The quantitative estimate of drug-likeness (QED) is 0.814. The summed E-state index contributed by atoms with van der Waals surface area (Å²) < 4.78 is 2.19. The van der Waals surface area contributed by atoms with Crippen LogP contribution >= 0.6 is 0 Å². The molecule has 0 unspecified atom stereocenters. The van der Waals surface area contributed by atoms with Crippen LogP contribution in [-0.2, 0) is 13.5 Å².